The highest BCUT2D eigenvalue weighted by molar-refractivity contribution is 5.44. The van der Waals surface area contributed by atoms with Crippen LogP contribution in [0.3, 0.4) is 0 Å². The molecule has 128 valence electrons. The molecule has 1 N–H and O–H groups in total. The number of imidazole rings is 1. The van der Waals surface area contributed by atoms with Gasteiger partial charge in [-0.05, 0) is 24.6 Å². The van der Waals surface area contributed by atoms with E-state index in [1.54, 1.807) is 6.07 Å². The first-order chi connectivity index (χ1) is 11.6. The van der Waals surface area contributed by atoms with Gasteiger partial charge in [-0.1, -0.05) is 6.07 Å². The largest absolute Gasteiger partial charge is 0.380 e. The van der Waals surface area contributed by atoms with Crippen molar-refractivity contribution >= 4 is 5.69 Å². The van der Waals surface area contributed by atoms with Gasteiger partial charge in [0.25, 0.3) is 0 Å². The summed E-state index contributed by atoms with van der Waals surface area (Å²) in [6, 6.07) is 6.87. The molecular formula is C18H23FN4O. The second-order valence-corrected chi connectivity index (χ2v) is 7.01. The fourth-order valence-electron chi connectivity index (χ4n) is 3.86. The van der Waals surface area contributed by atoms with Crippen molar-refractivity contribution in [2.45, 2.75) is 31.0 Å². The molecule has 0 radical (unpaired) electrons. The summed E-state index contributed by atoms with van der Waals surface area (Å²) in [6.45, 7) is 3.57. The molecule has 1 aromatic carbocycles. The predicted molar refractivity (Wildman–Crippen MR) is 90.2 cm³/mol. The first-order valence-electron chi connectivity index (χ1n) is 8.46. The molecule has 2 aromatic rings. The molecule has 1 spiro atoms. The number of ether oxygens (including phenoxy) is 1. The maximum absolute atomic E-state index is 13.3. The Morgan fingerprint density at radius 2 is 2.38 bits per heavy atom. The van der Waals surface area contributed by atoms with Gasteiger partial charge in [0.05, 0.1) is 30.3 Å². The van der Waals surface area contributed by atoms with Crippen LogP contribution in [0.15, 0.2) is 36.8 Å². The molecule has 2 aliphatic rings. The zero-order valence-electron chi connectivity index (χ0n) is 13.9. The lowest BCUT2D eigenvalue weighted by molar-refractivity contribution is 0.0118. The Hall–Kier alpha value is -1.92. The lowest BCUT2D eigenvalue weighted by Gasteiger charge is -2.23. The molecule has 3 heterocycles. The number of halogens is 1. The monoisotopic (exact) mass is 330 g/mol. The molecule has 2 saturated heterocycles. The summed E-state index contributed by atoms with van der Waals surface area (Å²) < 4.78 is 21.6. The van der Waals surface area contributed by atoms with Crippen LogP contribution in [0.4, 0.5) is 10.1 Å². The Morgan fingerprint density at radius 3 is 3.17 bits per heavy atom. The minimum atomic E-state index is -0.211. The molecule has 2 fully saturated rings. The van der Waals surface area contributed by atoms with Crippen molar-refractivity contribution < 1.29 is 9.13 Å². The third-order valence-corrected chi connectivity index (χ3v) is 5.10. The fraction of sp³-hybridized carbons (Fsp3) is 0.500. The number of hydrogen-bond acceptors (Lipinski definition) is 4. The van der Waals surface area contributed by atoms with E-state index in [0.29, 0.717) is 6.61 Å². The lowest BCUT2D eigenvalue weighted by Crippen LogP contribution is -2.33. The molecule has 0 aliphatic carbocycles. The summed E-state index contributed by atoms with van der Waals surface area (Å²) in [5, 5.41) is 3.40. The van der Waals surface area contributed by atoms with E-state index >= 15 is 0 Å². The van der Waals surface area contributed by atoms with Crippen LogP contribution < -0.4 is 5.32 Å². The SMILES string of the molecule is Cn1cncc1CN1CC[C@]2(C[C@H](Nc3cccc(F)c3)CO2)C1. The van der Waals surface area contributed by atoms with E-state index < -0.39 is 0 Å². The first-order valence-corrected chi connectivity index (χ1v) is 8.46. The van der Waals surface area contributed by atoms with Crippen molar-refractivity contribution in [1.29, 1.82) is 0 Å². The zero-order valence-corrected chi connectivity index (χ0v) is 13.9. The molecule has 4 rings (SSSR count). The summed E-state index contributed by atoms with van der Waals surface area (Å²) in [7, 11) is 2.03. The van der Waals surface area contributed by atoms with Gasteiger partial charge in [0.15, 0.2) is 0 Å². The van der Waals surface area contributed by atoms with Crippen LogP contribution in [-0.4, -0.2) is 45.8 Å². The number of nitrogens with zero attached hydrogens (tertiary/aromatic N) is 3. The summed E-state index contributed by atoms with van der Waals surface area (Å²) in [5.74, 6) is -0.211. The van der Waals surface area contributed by atoms with Crippen LogP contribution in [-0.2, 0) is 18.3 Å². The standard InChI is InChI=1S/C18H23FN4O/c1-22-13-20-9-17(22)10-23-6-5-18(12-23)8-16(11-24-18)21-15-4-2-3-14(19)7-15/h2-4,7,9,13,16,21H,5-6,8,10-12H2,1H3/t16-,18-/m0/s1. The fourth-order valence-corrected chi connectivity index (χ4v) is 3.86. The topological polar surface area (TPSA) is 42.3 Å². The van der Waals surface area contributed by atoms with Gasteiger partial charge in [0, 0.05) is 45.0 Å². The van der Waals surface area contributed by atoms with E-state index in [2.05, 4.69) is 19.8 Å². The van der Waals surface area contributed by atoms with Crippen LogP contribution in [0.5, 0.6) is 0 Å². The van der Waals surface area contributed by atoms with E-state index in [-0.39, 0.29) is 17.5 Å². The normalized spacial score (nSPS) is 27.2. The zero-order chi connectivity index (χ0) is 16.6. The minimum Gasteiger partial charge on any atom is -0.380 e. The van der Waals surface area contributed by atoms with Crippen LogP contribution in [0.2, 0.25) is 0 Å². The van der Waals surface area contributed by atoms with Gasteiger partial charge in [-0.25, -0.2) is 9.37 Å². The minimum absolute atomic E-state index is 0.0659. The molecule has 0 bridgehead atoms. The highest BCUT2D eigenvalue weighted by atomic mass is 19.1. The maximum Gasteiger partial charge on any atom is 0.125 e. The van der Waals surface area contributed by atoms with Gasteiger partial charge >= 0.3 is 0 Å². The highest BCUT2D eigenvalue weighted by Crippen LogP contribution is 2.36. The average molecular weight is 330 g/mol. The number of anilines is 1. The number of likely N-dealkylation sites (tertiary alicyclic amines) is 1. The summed E-state index contributed by atoms with van der Waals surface area (Å²) in [6.07, 6.45) is 5.78. The Balaban J connectivity index is 1.35. The molecule has 0 amide bonds. The molecular weight excluding hydrogens is 307 g/mol. The first kappa shape index (κ1) is 15.6. The van der Waals surface area contributed by atoms with Crippen molar-refractivity contribution in [1.82, 2.24) is 14.5 Å². The van der Waals surface area contributed by atoms with Gasteiger partial charge < -0.3 is 14.6 Å². The molecule has 6 heteroatoms. The van der Waals surface area contributed by atoms with Gasteiger partial charge in [-0.3, -0.25) is 4.90 Å². The van der Waals surface area contributed by atoms with Crippen LogP contribution in [0, 0.1) is 5.82 Å². The lowest BCUT2D eigenvalue weighted by atomic mass is 9.97. The van der Waals surface area contributed by atoms with Crippen LogP contribution in [0.25, 0.3) is 0 Å². The quantitative estimate of drug-likeness (QED) is 0.935. The van der Waals surface area contributed by atoms with Crippen LogP contribution >= 0.6 is 0 Å². The number of hydrogen-bond donors (Lipinski definition) is 1. The Bertz CT molecular complexity index is 719. The Morgan fingerprint density at radius 1 is 1.46 bits per heavy atom. The van der Waals surface area contributed by atoms with E-state index in [1.165, 1.54) is 17.8 Å². The van der Waals surface area contributed by atoms with E-state index in [1.807, 2.05) is 25.6 Å². The van der Waals surface area contributed by atoms with E-state index in [9.17, 15) is 4.39 Å². The number of aryl methyl sites for hydroxylation is 1. The van der Waals surface area contributed by atoms with Crippen molar-refractivity contribution in [3.63, 3.8) is 0 Å². The molecule has 2 aliphatic heterocycles. The summed E-state index contributed by atoms with van der Waals surface area (Å²) in [4.78, 5) is 6.62. The molecule has 1 aromatic heterocycles. The number of aromatic nitrogens is 2. The second kappa shape index (κ2) is 6.18. The summed E-state index contributed by atoms with van der Waals surface area (Å²) in [5.41, 5.74) is 1.98. The molecule has 2 atom stereocenters. The molecule has 0 unspecified atom stereocenters. The summed E-state index contributed by atoms with van der Waals surface area (Å²) >= 11 is 0. The Labute approximate surface area is 141 Å². The van der Waals surface area contributed by atoms with Crippen molar-refractivity contribution in [3.05, 3.63) is 48.3 Å². The van der Waals surface area contributed by atoms with Crippen molar-refractivity contribution in [3.8, 4) is 0 Å². The maximum atomic E-state index is 13.3. The third-order valence-electron chi connectivity index (χ3n) is 5.10. The molecule has 24 heavy (non-hydrogen) atoms. The second-order valence-electron chi connectivity index (χ2n) is 7.01. The van der Waals surface area contributed by atoms with Crippen molar-refractivity contribution in [2.75, 3.05) is 25.0 Å². The number of rotatable bonds is 4. The van der Waals surface area contributed by atoms with E-state index in [0.717, 1.165) is 38.2 Å². The van der Waals surface area contributed by atoms with Crippen molar-refractivity contribution in [2.24, 2.45) is 7.05 Å². The Kier molecular flexibility index (Phi) is 4.02. The number of benzene rings is 1. The number of nitrogens with one attached hydrogen (secondary N) is 1. The predicted octanol–water partition coefficient (Wildman–Crippen LogP) is 2.40. The smallest absolute Gasteiger partial charge is 0.125 e. The van der Waals surface area contributed by atoms with E-state index in [4.69, 9.17) is 4.74 Å². The van der Waals surface area contributed by atoms with Gasteiger partial charge in [0.1, 0.15) is 5.82 Å². The molecule has 5 nitrogen and oxygen atoms in total. The highest BCUT2D eigenvalue weighted by Gasteiger charge is 2.45. The van der Waals surface area contributed by atoms with Gasteiger partial charge in [0.2, 0.25) is 0 Å². The van der Waals surface area contributed by atoms with Gasteiger partial charge in [-0.15, -0.1) is 0 Å². The average Bonchev–Trinajstić information content (AvgIpc) is 3.24. The van der Waals surface area contributed by atoms with Gasteiger partial charge in [-0.2, -0.15) is 0 Å². The third kappa shape index (κ3) is 3.16. The van der Waals surface area contributed by atoms with Crippen LogP contribution in [0.1, 0.15) is 18.5 Å². The molecule has 0 saturated carbocycles.